The van der Waals surface area contributed by atoms with Gasteiger partial charge in [-0.15, -0.1) is 11.3 Å². The molecule has 1 aromatic carbocycles. The summed E-state index contributed by atoms with van der Waals surface area (Å²) in [7, 11) is 0. The Morgan fingerprint density at radius 1 is 1.41 bits per heavy atom. The van der Waals surface area contributed by atoms with Crippen LogP contribution in [0.1, 0.15) is 27.7 Å². The minimum absolute atomic E-state index is 0.00403. The summed E-state index contributed by atoms with van der Waals surface area (Å²) in [5.74, 6) is 1.12. The summed E-state index contributed by atoms with van der Waals surface area (Å²) in [6.07, 6.45) is 1.74. The van der Waals surface area contributed by atoms with Gasteiger partial charge < -0.3 is 9.47 Å². The maximum absolute atomic E-state index is 12.4. The topological polar surface area (TPSA) is 52.6 Å². The number of ketones is 2. The zero-order valence-corrected chi connectivity index (χ0v) is 13.0. The molecule has 0 spiro atoms. The van der Waals surface area contributed by atoms with Gasteiger partial charge >= 0.3 is 0 Å². The molecule has 0 fully saturated rings. The average molecular weight is 314 g/mol. The van der Waals surface area contributed by atoms with Crippen LogP contribution in [0.5, 0.6) is 11.5 Å². The molecule has 1 aliphatic heterocycles. The second-order valence-corrected chi connectivity index (χ2v) is 6.04. The highest BCUT2D eigenvalue weighted by Gasteiger charge is 2.30. The predicted octanol–water partition coefficient (Wildman–Crippen LogP) is 3.64. The molecule has 0 aliphatic carbocycles. The summed E-state index contributed by atoms with van der Waals surface area (Å²) in [5, 5.41) is 1.94. The van der Waals surface area contributed by atoms with Gasteiger partial charge in [0.25, 0.3) is 0 Å². The van der Waals surface area contributed by atoms with Gasteiger partial charge in [-0.05, 0) is 36.9 Å². The number of allylic oxidation sites excluding steroid dienone is 1. The molecule has 0 atom stereocenters. The lowest BCUT2D eigenvalue weighted by atomic mass is 10.0. The second-order valence-electron chi connectivity index (χ2n) is 5.06. The van der Waals surface area contributed by atoms with Crippen LogP contribution in [0.2, 0.25) is 0 Å². The van der Waals surface area contributed by atoms with Gasteiger partial charge in [-0.3, -0.25) is 9.59 Å². The van der Waals surface area contributed by atoms with Gasteiger partial charge in [0, 0.05) is 17.0 Å². The third kappa shape index (κ3) is 2.80. The van der Waals surface area contributed by atoms with E-state index in [2.05, 4.69) is 0 Å². The van der Waals surface area contributed by atoms with Crippen LogP contribution in [0.3, 0.4) is 0 Å². The minimum atomic E-state index is -0.126. The van der Waals surface area contributed by atoms with E-state index in [0.29, 0.717) is 22.8 Å². The van der Waals surface area contributed by atoms with Crippen molar-refractivity contribution in [3.8, 4) is 11.5 Å². The van der Waals surface area contributed by atoms with Gasteiger partial charge in [0.2, 0.25) is 5.78 Å². The Balaban J connectivity index is 1.91. The molecule has 0 radical (unpaired) electrons. The molecular weight excluding hydrogens is 300 g/mol. The van der Waals surface area contributed by atoms with Gasteiger partial charge in [-0.2, -0.15) is 0 Å². The van der Waals surface area contributed by atoms with Crippen molar-refractivity contribution in [1.29, 1.82) is 0 Å². The number of hydrogen-bond acceptors (Lipinski definition) is 5. The molecule has 0 saturated heterocycles. The van der Waals surface area contributed by atoms with Crippen molar-refractivity contribution in [2.24, 2.45) is 0 Å². The molecule has 0 saturated carbocycles. The van der Waals surface area contributed by atoms with Crippen LogP contribution in [0.4, 0.5) is 0 Å². The van der Waals surface area contributed by atoms with E-state index >= 15 is 0 Å². The molecule has 2 aromatic rings. The van der Waals surface area contributed by atoms with Crippen LogP contribution in [0, 0.1) is 6.92 Å². The lowest BCUT2D eigenvalue weighted by Gasteiger charge is -2.07. The normalized spacial score (nSPS) is 14.8. The van der Waals surface area contributed by atoms with Crippen LogP contribution in [0.25, 0.3) is 6.08 Å². The molecule has 5 heteroatoms. The maximum atomic E-state index is 12.4. The fraction of sp³-hybridized carbons (Fsp3) is 0.176. The smallest absolute Gasteiger partial charge is 0.232 e. The highest BCUT2D eigenvalue weighted by atomic mass is 32.1. The molecule has 4 nitrogen and oxygen atoms in total. The molecule has 1 aromatic heterocycles. The zero-order chi connectivity index (χ0) is 15.7. The van der Waals surface area contributed by atoms with Gasteiger partial charge in [-0.25, -0.2) is 0 Å². The molecule has 0 amide bonds. The van der Waals surface area contributed by atoms with E-state index < -0.39 is 0 Å². The SMILES string of the molecule is CC(=O)COc1cc(C)c2c(c1)O/C(=C\c1cccs1)C2=O. The highest BCUT2D eigenvalue weighted by Crippen LogP contribution is 2.37. The largest absolute Gasteiger partial charge is 0.486 e. The van der Waals surface area contributed by atoms with E-state index in [1.54, 1.807) is 18.2 Å². The van der Waals surface area contributed by atoms with Crippen molar-refractivity contribution in [2.45, 2.75) is 13.8 Å². The van der Waals surface area contributed by atoms with Gasteiger partial charge in [0.15, 0.2) is 11.5 Å². The first-order valence-corrected chi connectivity index (χ1v) is 7.67. The number of benzene rings is 1. The number of ether oxygens (including phenoxy) is 2. The third-order valence-corrected chi connectivity index (χ3v) is 4.02. The summed E-state index contributed by atoms with van der Waals surface area (Å²) in [5.41, 5.74) is 1.33. The van der Waals surface area contributed by atoms with Gasteiger partial charge in [0.05, 0.1) is 5.56 Å². The predicted molar refractivity (Wildman–Crippen MR) is 84.6 cm³/mol. The van der Waals surface area contributed by atoms with Gasteiger partial charge in [0.1, 0.15) is 18.1 Å². The first kappa shape index (κ1) is 14.5. The number of hydrogen-bond donors (Lipinski definition) is 0. The minimum Gasteiger partial charge on any atom is -0.486 e. The fourth-order valence-corrected chi connectivity index (χ4v) is 2.89. The Bertz CT molecular complexity index is 772. The number of rotatable bonds is 4. The molecule has 1 aliphatic rings. The molecule has 112 valence electrons. The van der Waals surface area contributed by atoms with E-state index in [1.165, 1.54) is 18.3 Å². The molecule has 3 rings (SSSR count). The summed E-state index contributed by atoms with van der Waals surface area (Å²) in [6, 6.07) is 7.24. The lowest BCUT2D eigenvalue weighted by molar-refractivity contribution is -0.118. The third-order valence-electron chi connectivity index (χ3n) is 3.20. The lowest BCUT2D eigenvalue weighted by Crippen LogP contribution is -2.06. The zero-order valence-electron chi connectivity index (χ0n) is 12.2. The Hall–Kier alpha value is -2.40. The van der Waals surface area contributed by atoms with E-state index in [1.807, 2.05) is 24.4 Å². The number of thiophene rings is 1. The summed E-state index contributed by atoms with van der Waals surface area (Å²) >= 11 is 1.54. The first-order chi connectivity index (χ1) is 10.5. The van der Waals surface area contributed by atoms with Crippen molar-refractivity contribution < 1.29 is 19.1 Å². The van der Waals surface area contributed by atoms with E-state index in [0.717, 1.165) is 10.4 Å². The number of carbonyl (C=O) groups excluding carboxylic acids is 2. The van der Waals surface area contributed by atoms with Crippen molar-refractivity contribution in [2.75, 3.05) is 6.61 Å². The van der Waals surface area contributed by atoms with E-state index in [-0.39, 0.29) is 18.2 Å². The van der Waals surface area contributed by atoms with Gasteiger partial charge in [-0.1, -0.05) is 6.07 Å². The molecule has 0 unspecified atom stereocenters. The number of Topliss-reactive ketones (excluding diaryl/α,β-unsaturated/α-hetero) is 2. The summed E-state index contributed by atoms with van der Waals surface area (Å²) in [6.45, 7) is 3.29. The number of fused-ring (bicyclic) bond motifs is 1. The molecule has 22 heavy (non-hydrogen) atoms. The number of aryl methyl sites for hydroxylation is 1. The second kappa shape index (κ2) is 5.77. The monoisotopic (exact) mass is 314 g/mol. The first-order valence-electron chi connectivity index (χ1n) is 6.79. The number of carbonyl (C=O) groups is 2. The Morgan fingerprint density at radius 3 is 2.91 bits per heavy atom. The Morgan fingerprint density at radius 2 is 2.23 bits per heavy atom. The van der Waals surface area contributed by atoms with Crippen LogP contribution in [-0.4, -0.2) is 18.2 Å². The molecular formula is C17H14O4S. The maximum Gasteiger partial charge on any atom is 0.232 e. The van der Waals surface area contributed by atoms with Crippen molar-refractivity contribution in [3.05, 3.63) is 51.4 Å². The molecule has 0 bridgehead atoms. The van der Waals surface area contributed by atoms with E-state index in [4.69, 9.17) is 9.47 Å². The standard InChI is InChI=1S/C17H14O4S/c1-10-6-12(20-9-11(2)18)7-14-16(10)17(19)15(21-14)8-13-4-3-5-22-13/h3-8H,9H2,1-2H3/b15-8-. The molecule has 0 N–H and O–H groups in total. The Kier molecular flexibility index (Phi) is 3.81. The van der Waals surface area contributed by atoms with Crippen LogP contribution < -0.4 is 9.47 Å². The quantitative estimate of drug-likeness (QED) is 0.809. The van der Waals surface area contributed by atoms with Crippen LogP contribution in [-0.2, 0) is 4.79 Å². The van der Waals surface area contributed by atoms with E-state index in [9.17, 15) is 9.59 Å². The Labute approximate surface area is 132 Å². The fourth-order valence-electron chi connectivity index (χ4n) is 2.25. The van der Waals surface area contributed by atoms with Crippen molar-refractivity contribution in [1.82, 2.24) is 0 Å². The summed E-state index contributed by atoms with van der Waals surface area (Å²) in [4.78, 5) is 24.4. The summed E-state index contributed by atoms with van der Waals surface area (Å²) < 4.78 is 11.1. The van der Waals surface area contributed by atoms with Crippen molar-refractivity contribution >= 4 is 29.0 Å². The van der Waals surface area contributed by atoms with Crippen LogP contribution >= 0.6 is 11.3 Å². The average Bonchev–Trinajstić information content (AvgIpc) is 3.06. The van der Waals surface area contributed by atoms with Crippen molar-refractivity contribution in [3.63, 3.8) is 0 Å². The van der Waals surface area contributed by atoms with Crippen LogP contribution in [0.15, 0.2) is 35.4 Å². The molecule has 2 heterocycles. The highest BCUT2D eigenvalue weighted by molar-refractivity contribution is 7.10.